The second kappa shape index (κ2) is 5.71. The van der Waals surface area contributed by atoms with Crippen LogP contribution >= 0.6 is 0 Å². The molecule has 19 heavy (non-hydrogen) atoms. The topological polar surface area (TPSA) is 49.8 Å². The Kier molecular flexibility index (Phi) is 4.02. The standard InChI is InChI=1S/C15H17NO3/c1-16(2)7-8-19-14-10-12(15(17)18)9-11-5-3-4-6-13(11)14/h3-6,9-10H,7-8H2,1-2H3,(H,17,18). The molecule has 0 aromatic heterocycles. The lowest BCUT2D eigenvalue weighted by molar-refractivity contribution is 0.0696. The molecule has 0 spiro atoms. The Labute approximate surface area is 112 Å². The minimum atomic E-state index is -0.941. The van der Waals surface area contributed by atoms with Crippen LogP contribution in [0.15, 0.2) is 36.4 Å². The number of ether oxygens (including phenoxy) is 1. The third kappa shape index (κ3) is 3.23. The Hall–Kier alpha value is -2.07. The van der Waals surface area contributed by atoms with Crippen molar-refractivity contribution in [2.45, 2.75) is 0 Å². The van der Waals surface area contributed by atoms with E-state index >= 15 is 0 Å². The van der Waals surface area contributed by atoms with Crippen molar-refractivity contribution in [1.82, 2.24) is 4.90 Å². The van der Waals surface area contributed by atoms with Gasteiger partial charge in [-0.15, -0.1) is 0 Å². The normalized spacial score (nSPS) is 10.9. The number of rotatable bonds is 5. The summed E-state index contributed by atoms with van der Waals surface area (Å²) in [6.07, 6.45) is 0. The third-order valence-electron chi connectivity index (χ3n) is 2.87. The molecule has 2 rings (SSSR count). The van der Waals surface area contributed by atoms with E-state index in [9.17, 15) is 4.79 Å². The van der Waals surface area contributed by atoms with E-state index in [0.29, 0.717) is 12.4 Å². The quantitative estimate of drug-likeness (QED) is 0.896. The van der Waals surface area contributed by atoms with Crippen LogP contribution in [0.25, 0.3) is 10.8 Å². The van der Waals surface area contributed by atoms with E-state index in [1.807, 2.05) is 43.3 Å². The van der Waals surface area contributed by atoms with E-state index < -0.39 is 5.97 Å². The molecule has 4 heteroatoms. The van der Waals surface area contributed by atoms with Gasteiger partial charge in [-0.3, -0.25) is 0 Å². The average Bonchev–Trinajstić information content (AvgIpc) is 2.38. The van der Waals surface area contributed by atoms with Crippen molar-refractivity contribution in [3.8, 4) is 5.75 Å². The highest BCUT2D eigenvalue weighted by molar-refractivity contribution is 5.97. The summed E-state index contributed by atoms with van der Waals surface area (Å²) in [5, 5.41) is 10.9. The molecule has 0 aliphatic rings. The van der Waals surface area contributed by atoms with Crippen molar-refractivity contribution in [2.24, 2.45) is 0 Å². The lowest BCUT2D eigenvalue weighted by atomic mass is 10.1. The molecule has 4 nitrogen and oxygen atoms in total. The van der Waals surface area contributed by atoms with E-state index in [-0.39, 0.29) is 5.56 Å². The maximum atomic E-state index is 11.1. The predicted molar refractivity (Wildman–Crippen MR) is 75.0 cm³/mol. The molecule has 0 fully saturated rings. The lowest BCUT2D eigenvalue weighted by Gasteiger charge is -2.13. The van der Waals surface area contributed by atoms with Crippen molar-refractivity contribution < 1.29 is 14.6 Å². The van der Waals surface area contributed by atoms with Crippen molar-refractivity contribution >= 4 is 16.7 Å². The number of hydrogen-bond donors (Lipinski definition) is 1. The SMILES string of the molecule is CN(C)CCOc1cc(C(=O)O)cc2ccccc12. The van der Waals surface area contributed by atoms with Crippen molar-refractivity contribution in [1.29, 1.82) is 0 Å². The van der Waals surface area contributed by atoms with Crippen LogP contribution in [-0.2, 0) is 0 Å². The summed E-state index contributed by atoms with van der Waals surface area (Å²) in [6.45, 7) is 1.31. The minimum absolute atomic E-state index is 0.249. The van der Waals surface area contributed by atoms with Gasteiger partial charge in [-0.05, 0) is 31.6 Å². The molecule has 0 heterocycles. The maximum absolute atomic E-state index is 11.1. The number of aromatic carboxylic acids is 1. The summed E-state index contributed by atoms with van der Waals surface area (Å²) >= 11 is 0. The van der Waals surface area contributed by atoms with E-state index in [2.05, 4.69) is 0 Å². The van der Waals surface area contributed by atoms with Crippen LogP contribution in [0.3, 0.4) is 0 Å². The zero-order valence-corrected chi connectivity index (χ0v) is 11.1. The van der Waals surface area contributed by atoms with Gasteiger partial charge in [0.2, 0.25) is 0 Å². The number of likely N-dealkylation sites (N-methyl/N-ethyl adjacent to an activating group) is 1. The largest absolute Gasteiger partial charge is 0.492 e. The smallest absolute Gasteiger partial charge is 0.335 e. The van der Waals surface area contributed by atoms with Gasteiger partial charge in [-0.2, -0.15) is 0 Å². The number of carboxylic acid groups (broad SMARTS) is 1. The van der Waals surface area contributed by atoms with Gasteiger partial charge >= 0.3 is 5.97 Å². The fourth-order valence-electron chi connectivity index (χ4n) is 1.86. The van der Waals surface area contributed by atoms with Crippen LogP contribution in [0, 0.1) is 0 Å². The van der Waals surface area contributed by atoms with Crippen LogP contribution in [0.5, 0.6) is 5.75 Å². The van der Waals surface area contributed by atoms with Crippen molar-refractivity contribution in [2.75, 3.05) is 27.2 Å². The van der Waals surface area contributed by atoms with Crippen LogP contribution in [0.2, 0.25) is 0 Å². The van der Waals surface area contributed by atoms with Crippen LogP contribution in [0.1, 0.15) is 10.4 Å². The second-order valence-electron chi connectivity index (χ2n) is 4.65. The molecule has 0 saturated heterocycles. The Morgan fingerprint density at radius 1 is 1.26 bits per heavy atom. The number of fused-ring (bicyclic) bond motifs is 1. The van der Waals surface area contributed by atoms with Crippen molar-refractivity contribution in [3.63, 3.8) is 0 Å². The van der Waals surface area contributed by atoms with Crippen molar-refractivity contribution in [3.05, 3.63) is 42.0 Å². The third-order valence-corrected chi connectivity index (χ3v) is 2.87. The Balaban J connectivity index is 2.36. The fourth-order valence-corrected chi connectivity index (χ4v) is 1.86. The molecule has 0 radical (unpaired) electrons. The van der Waals surface area contributed by atoms with E-state index in [0.717, 1.165) is 17.3 Å². The first-order chi connectivity index (χ1) is 9.08. The van der Waals surface area contributed by atoms with Gasteiger partial charge in [0.1, 0.15) is 12.4 Å². The lowest BCUT2D eigenvalue weighted by Crippen LogP contribution is -2.19. The Morgan fingerprint density at radius 2 is 2.00 bits per heavy atom. The van der Waals surface area contributed by atoms with Gasteiger partial charge in [0.05, 0.1) is 5.56 Å². The summed E-state index contributed by atoms with van der Waals surface area (Å²) in [7, 11) is 3.93. The van der Waals surface area contributed by atoms with Gasteiger partial charge in [-0.25, -0.2) is 4.79 Å². The maximum Gasteiger partial charge on any atom is 0.335 e. The summed E-state index contributed by atoms with van der Waals surface area (Å²) in [4.78, 5) is 13.1. The molecule has 2 aromatic rings. The predicted octanol–water partition coefficient (Wildman–Crippen LogP) is 2.48. The van der Waals surface area contributed by atoms with Crippen LogP contribution in [0.4, 0.5) is 0 Å². The summed E-state index contributed by atoms with van der Waals surface area (Å²) in [5.74, 6) is -0.319. The highest BCUT2D eigenvalue weighted by Gasteiger charge is 2.09. The Morgan fingerprint density at radius 3 is 2.68 bits per heavy atom. The summed E-state index contributed by atoms with van der Waals surface area (Å²) < 4.78 is 5.72. The molecule has 100 valence electrons. The van der Waals surface area contributed by atoms with E-state index in [1.165, 1.54) is 0 Å². The fraction of sp³-hybridized carbons (Fsp3) is 0.267. The number of benzene rings is 2. The van der Waals surface area contributed by atoms with Crippen LogP contribution in [-0.4, -0.2) is 43.2 Å². The average molecular weight is 259 g/mol. The first kappa shape index (κ1) is 13.4. The molecule has 0 atom stereocenters. The van der Waals surface area contributed by atoms with Gasteiger partial charge in [0.15, 0.2) is 0 Å². The second-order valence-corrected chi connectivity index (χ2v) is 4.65. The molecular weight excluding hydrogens is 242 g/mol. The molecule has 0 unspecified atom stereocenters. The zero-order valence-electron chi connectivity index (χ0n) is 11.1. The molecule has 2 aromatic carbocycles. The summed E-state index contributed by atoms with van der Waals surface area (Å²) in [5.41, 5.74) is 0.249. The number of carbonyl (C=O) groups is 1. The number of carboxylic acids is 1. The van der Waals surface area contributed by atoms with Gasteiger partial charge in [0, 0.05) is 11.9 Å². The molecule has 0 aliphatic heterocycles. The van der Waals surface area contributed by atoms with Gasteiger partial charge < -0.3 is 14.7 Å². The monoisotopic (exact) mass is 259 g/mol. The van der Waals surface area contributed by atoms with Crippen LogP contribution < -0.4 is 4.74 Å². The zero-order chi connectivity index (χ0) is 13.8. The first-order valence-corrected chi connectivity index (χ1v) is 6.11. The number of hydrogen-bond acceptors (Lipinski definition) is 3. The van der Waals surface area contributed by atoms with Gasteiger partial charge in [-0.1, -0.05) is 24.3 Å². The van der Waals surface area contributed by atoms with Gasteiger partial charge in [0.25, 0.3) is 0 Å². The number of nitrogens with zero attached hydrogens (tertiary/aromatic N) is 1. The minimum Gasteiger partial charge on any atom is -0.492 e. The van der Waals surface area contributed by atoms with E-state index in [4.69, 9.17) is 9.84 Å². The van der Waals surface area contributed by atoms with E-state index in [1.54, 1.807) is 12.1 Å². The molecular formula is C15H17NO3. The first-order valence-electron chi connectivity index (χ1n) is 6.11. The highest BCUT2D eigenvalue weighted by Crippen LogP contribution is 2.27. The molecule has 0 aliphatic carbocycles. The molecule has 1 N–H and O–H groups in total. The molecule has 0 amide bonds. The Bertz CT molecular complexity index is 593. The molecule has 0 bridgehead atoms. The molecule has 0 saturated carbocycles. The summed E-state index contributed by atoms with van der Waals surface area (Å²) in [6, 6.07) is 10.9. The highest BCUT2D eigenvalue weighted by atomic mass is 16.5.